The molecule has 2 amide bonds. The maximum absolute atomic E-state index is 12.9. The molecular formula is C28H28N4O3S. The molecule has 4 N–H and O–H groups in total. The number of hydrogen-bond acceptors (Lipinski definition) is 5. The first-order valence-electron chi connectivity index (χ1n) is 11.4. The molecule has 4 aromatic rings. The first-order valence-corrected chi connectivity index (χ1v) is 13.3. The van der Waals surface area contributed by atoms with Crippen LogP contribution >= 0.6 is 0 Å². The van der Waals surface area contributed by atoms with E-state index in [0.29, 0.717) is 24.3 Å². The fourth-order valence-electron chi connectivity index (χ4n) is 3.86. The summed E-state index contributed by atoms with van der Waals surface area (Å²) >= 11 is 0. The number of hydrogen-bond donors (Lipinski definition) is 3. The zero-order valence-electron chi connectivity index (χ0n) is 19.9. The number of benzene rings is 4. The van der Waals surface area contributed by atoms with E-state index in [1.54, 1.807) is 53.5 Å². The number of nitrogens with one attached hydrogen (secondary N) is 2. The molecule has 7 nitrogen and oxygen atoms in total. The van der Waals surface area contributed by atoms with E-state index in [9.17, 15) is 13.2 Å². The molecule has 0 aliphatic carbocycles. The lowest BCUT2D eigenvalue weighted by molar-refractivity contribution is 0.251. The molecule has 0 unspecified atom stereocenters. The zero-order chi connectivity index (χ0) is 25.5. The molecular weight excluding hydrogens is 472 g/mol. The number of rotatable bonds is 8. The van der Waals surface area contributed by atoms with Crippen LogP contribution in [0.15, 0.2) is 108 Å². The van der Waals surface area contributed by atoms with Crippen LogP contribution in [-0.4, -0.2) is 20.7 Å². The second-order valence-electron chi connectivity index (χ2n) is 8.36. The molecule has 8 heteroatoms. The number of sulfone groups is 1. The normalized spacial score (nSPS) is 11.1. The summed E-state index contributed by atoms with van der Waals surface area (Å²) in [6.07, 6.45) is 1.19. The third-order valence-corrected chi connectivity index (χ3v) is 6.77. The van der Waals surface area contributed by atoms with Crippen LogP contribution in [0.3, 0.4) is 0 Å². The fraction of sp³-hybridized carbons (Fsp3) is 0.107. The summed E-state index contributed by atoms with van der Waals surface area (Å²) in [6.45, 7) is 0.859. The molecule has 0 bridgehead atoms. The predicted octanol–water partition coefficient (Wildman–Crippen LogP) is 4.96. The van der Waals surface area contributed by atoms with Crippen molar-refractivity contribution in [3.8, 4) is 11.1 Å². The standard InChI is InChI=1S/C28H28N4O3S/c1-36(34,35)27-13-6-5-12-26(27)23-14-16-24(17-15-23)30-28(33)31-32(20-21-8-3-2-4-9-21)25-11-7-10-22(18-25)19-29/h2-18H,19-20,29H2,1H3,(H2,30,31,33). The molecule has 0 spiro atoms. The Balaban J connectivity index is 1.51. The summed E-state index contributed by atoms with van der Waals surface area (Å²) in [5, 5.41) is 4.61. The first-order chi connectivity index (χ1) is 17.3. The zero-order valence-corrected chi connectivity index (χ0v) is 20.7. The average molecular weight is 501 g/mol. The van der Waals surface area contributed by atoms with Gasteiger partial charge in [-0.1, -0.05) is 72.8 Å². The minimum Gasteiger partial charge on any atom is -0.326 e. The monoisotopic (exact) mass is 500 g/mol. The number of nitrogens with two attached hydrogens (primary N) is 1. The van der Waals surface area contributed by atoms with Crippen LogP contribution in [0.2, 0.25) is 0 Å². The quantitative estimate of drug-likeness (QED) is 0.297. The second-order valence-corrected chi connectivity index (χ2v) is 10.3. The summed E-state index contributed by atoms with van der Waals surface area (Å²) in [6, 6.07) is 31.0. The molecule has 36 heavy (non-hydrogen) atoms. The largest absolute Gasteiger partial charge is 0.338 e. The molecule has 0 fully saturated rings. The lowest BCUT2D eigenvalue weighted by Crippen LogP contribution is -2.44. The van der Waals surface area contributed by atoms with Crippen molar-refractivity contribution in [1.29, 1.82) is 0 Å². The van der Waals surface area contributed by atoms with E-state index < -0.39 is 15.9 Å². The van der Waals surface area contributed by atoms with Crippen molar-refractivity contribution in [2.45, 2.75) is 18.0 Å². The Morgan fingerprint density at radius 2 is 1.50 bits per heavy atom. The molecule has 0 aromatic heterocycles. The minimum atomic E-state index is -3.37. The van der Waals surface area contributed by atoms with Gasteiger partial charge in [0.2, 0.25) is 0 Å². The summed E-state index contributed by atoms with van der Waals surface area (Å²) in [5.41, 5.74) is 13.5. The summed E-state index contributed by atoms with van der Waals surface area (Å²) in [4.78, 5) is 13.2. The van der Waals surface area contributed by atoms with E-state index in [1.807, 2.05) is 54.6 Å². The van der Waals surface area contributed by atoms with E-state index >= 15 is 0 Å². The van der Waals surface area contributed by atoms with Crippen molar-refractivity contribution < 1.29 is 13.2 Å². The van der Waals surface area contributed by atoms with Gasteiger partial charge in [0, 0.05) is 24.1 Å². The molecule has 184 valence electrons. The molecule has 0 aliphatic heterocycles. The third-order valence-electron chi connectivity index (χ3n) is 5.62. The van der Waals surface area contributed by atoms with Crippen LogP contribution in [0.25, 0.3) is 11.1 Å². The third kappa shape index (κ3) is 6.29. The Morgan fingerprint density at radius 3 is 2.19 bits per heavy atom. The van der Waals surface area contributed by atoms with Gasteiger partial charge in [0.05, 0.1) is 17.1 Å². The predicted molar refractivity (Wildman–Crippen MR) is 144 cm³/mol. The van der Waals surface area contributed by atoms with Crippen LogP contribution in [0, 0.1) is 0 Å². The fourth-order valence-corrected chi connectivity index (χ4v) is 4.77. The van der Waals surface area contributed by atoms with E-state index in [0.717, 1.165) is 22.4 Å². The van der Waals surface area contributed by atoms with Crippen molar-refractivity contribution >= 4 is 27.2 Å². The lowest BCUT2D eigenvalue weighted by atomic mass is 10.1. The lowest BCUT2D eigenvalue weighted by Gasteiger charge is -2.26. The molecule has 0 radical (unpaired) electrons. The van der Waals surface area contributed by atoms with E-state index in [1.165, 1.54) is 6.26 Å². The Morgan fingerprint density at radius 1 is 0.833 bits per heavy atom. The van der Waals surface area contributed by atoms with Gasteiger partial charge in [-0.3, -0.25) is 5.01 Å². The number of carbonyl (C=O) groups excluding carboxylic acids is 1. The van der Waals surface area contributed by atoms with Gasteiger partial charge in [0.15, 0.2) is 9.84 Å². The highest BCUT2D eigenvalue weighted by Gasteiger charge is 2.15. The van der Waals surface area contributed by atoms with Gasteiger partial charge in [-0.2, -0.15) is 0 Å². The van der Waals surface area contributed by atoms with Crippen molar-refractivity contribution in [2.24, 2.45) is 5.73 Å². The molecule has 0 heterocycles. The van der Waals surface area contributed by atoms with Crippen LogP contribution in [-0.2, 0) is 22.9 Å². The maximum Gasteiger partial charge on any atom is 0.338 e. The van der Waals surface area contributed by atoms with Crippen molar-refractivity contribution in [1.82, 2.24) is 5.43 Å². The van der Waals surface area contributed by atoms with Crippen LogP contribution in [0.5, 0.6) is 0 Å². The SMILES string of the molecule is CS(=O)(=O)c1ccccc1-c1ccc(NC(=O)NN(Cc2ccccc2)c2cccc(CN)c2)cc1. The molecule has 0 saturated heterocycles. The van der Waals surface area contributed by atoms with Gasteiger partial charge in [0.25, 0.3) is 0 Å². The number of anilines is 2. The highest BCUT2D eigenvalue weighted by Crippen LogP contribution is 2.28. The van der Waals surface area contributed by atoms with Gasteiger partial charge in [0.1, 0.15) is 0 Å². The van der Waals surface area contributed by atoms with Crippen LogP contribution < -0.4 is 21.5 Å². The Labute approximate surface area is 211 Å². The summed E-state index contributed by atoms with van der Waals surface area (Å²) in [7, 11) is -3.37. The summed E-state index contributed by atoms with van der Waals surface area (Å²) < 4.78 is 24.3. The smallest absolute Gasteiger partial charge is 0.326 e. The topological polar surface area (TPSA) is 105 Å². The highest BCUT2D eigenvalue weighted by atomic mass is 32.2. The Hall–Kier alpha value is -4.14. The van der Waals surface area contributed by atoms with Crippen LogP contribution in [0.1, 0.15) is 11.1 Å². The highest BCUT2D eigenvalue weighted by molar-refractivity contribution is 7.90. The van der Waals surface area contributed by atoms with Gasteiger partial charge in [-0.25, -0.2) is 18.6 Å². The molecule has 0 aliphatic rings. The number of carbonyl (C=O) groups is 1. The van der Waals surface area contributed by atoms with Crippen molar-refractivity contribution in [3.63, 3.8) is 0 Å². The van der Waals surface area contributed by atoms with Gasteiger partial charge >= 0.3 is 6.03 Å². The molecule has 4 aromatic carbocycles. The van der Waals surface area contributed by atoms with Crippen molar-refractivity contribution in [3.05, 3.63) is 114 Å². The number of amides is 2. The number of urea groups is 1. The minimum absolute atomic E-state index is 0.264. The van der Waals surface area contributed by atoms with Gasteiger partial charge < -0.3 is 11.1 Å². The van der Waals surface area contributed by atoms with E-state index in [-0.39, 0.29) is 4.90 Å². The Bertz CT molecular complexity index is 1440. The van der Waals surface area contributed by atoms with Crippen molar-refractivity contribution in [2.75, 3.05) is 16.6 Å². The van der Waals surface area contributed by atoms with E-state index in [2.05, 4.69) is 10.7 Å². The molecule has 0 saturated carbocycles. The number of nitrogens with zero attached hydrogens (tertiary/aromatic N) is 1. The average Bonchev–Trinajstić information content (AvgIpc) is 2.89. The summed E-state index contributed by atoms with van der Waals surface area (Å²) in [5.74, 6) is 0. The Kier molecular flexibility index (Phi) is 7.68. The van der Waals surface area contributed by atoms with Crippen LogP contribution in [0.4, 0.5) is 16.2 Å². The first kappa shape index (κ1) is 25.0. The van der Waals surface area contributed by atoms with Gasteiger partial charge in [-0.15, -0.1) is 0 Å². The maximum atomic E-state index is 12.9. The van der Waals surface area contributed by atoms with E-state index in [4.69, 9.17) is 5.73 Å². The number of hydrazine groups is 1. The second kappa shape index (κ2) is 11.1. The van der Waals surface area contributed by atoms with Gasteiger partial charge in [-0.05, 0) is 47.0 Å². The molecule has 0 atom stereocenters. The molecule has 4 rings (SSSR count).